The van der Waals surface area contributed by atoms with E-state index in [1.165, 1.54) is 11.1 Å². The van der Waals surface area contributed by atoms with E-state index in [9.17, 15) is 4.79 Å². The molecule has 24 heavy (non-hydrogen) atoms. The third-order valence-electron chi connectivity index (χ3n) is 4.46. The highest BCUT2D eigenvalue weighted by Crippen LogP contribution is 2.19. The van der Waals surface area contributed by atoms with Crippen LogP contribution in [-0.4, -0.2) is 36.5 Å². The third-order valence-corrected chi connectivity index (χ3v) is 5.54. The van der Waals surface area contributed by atoms with Crippen LogP contribution < -0.4 is 0 Å². The van der Waals surface area contributed by atoms with Crippen molar-refractivity contribution in [3.05, 3.63) is 57.8 Å². The van der Waals surface area contributed by atoms with Gasteiger partial charge in [-0.2, -0.15) is 0 Å². The Bertz CT molecular complexity index is 653. The van der Waals surface area contributed by atoms with Crippen molar-refractivity contribution in [2.75, 3.05) is 19.7 Å². The lowest BCUT2D eigenvalue weighted by atomic mass is 10.0. The lowest BCUT2D eigenvalue weighted by Crippen LogP contribution is -2.41. The average molecular weight is 343 g/mol. The van der Waals surface area contributed by atoms with Crippen molar-refractivity contribution in [3.8, 4) is 0 Å². The molecule has 2 heterocycles. The largest absolute Gasteiger partial charge is 0.376 e. The van der Waals surface area contributed by atoms with Crippen LogP contribution >= 0.6 is 11.3 Å². The van der Waals surface area contributed by atoms with Gasteiger partial charge in [-0.3, -0.25) is 9.69 Å². The number of nitrogens with zero attached hydrogens (tertiary/aromatic N) is 1. The Labute approximate surface area is 148 Å². The average Bonchev–Trinajstić information content (AvgIpc) is 3.05. The maximum Gasteiger partial charge on any atom is 0.169 e. The Balaban J connectivity index is 1.44. The van der Waals surface area contributed by atoms with E-state index < -0.39 is 0 Å². The van der Waals surface area contributed by atoms with Crippen LogP contribution in [0.4, 0.5) is 0 Å². The zero-order valence-corrected chi connectivity index (χ0v) is 15.1. The van der Waals surface area contributed by atoms with Gasteiger partial charge in [0.15, 0.2) is 5.78 Å². The van der Waals surface area contributed by atoms with Crippen LogP contribution in [0.1, 0.15) is 40.6 Å². The first-order valence-corrected chi connectivity index (χ1v) is 9.55. The molecule has 4 heteroatoms. The second-order valence-electron chi connectivity index (χ2n) is 6.48. The molecule has 1 aliphatic rings. The minimum Gasteiger partial charge on any atom is -0.376 e. The van der Waals surface area contributed by atoms with Gasteiger partial charge < -0.3 is 4.74 Å². The number of morpholine rings is 1. The first kappa shape index (κ1) is 17.3. The lowest BCUT2D eigenvalue weighted by Gasteiger charge is -2.32. The van der Waals surface area contributed by atoms with Crippen molar-refractivity contribution in [1.29, 1.82) is 0 Å². The topological polar surface area (TPSA) is 29.5 Å². The first-order chi connectivity index (χ1) is 11.7. The summed E-state index contributed by atoms with van der Waals surface area (Å²) in [4.78, 5) is 14.7. The summed E-state index contributed by atoms with van der Waals surface area (Å²) in [7, 11) is 0. The van der Waals surface area contributed by atoms with Crippen LogP contribution in [0.2, 0.25) is 0 Å². The molecule has 3 nitrogen and oxygen atoms in total. The molecule has 128 valence electrons. The van der Waals surface area contributed by atoms with Crippen molar-refractivity contribution >= 4 is 17.1 Å². The fourth-order valence-corrected chi connectivity index (χ4v) is 3.98. The maximum absolute atomic E-state index is 11.4. The number of Topliss-reactive ketones (excluding diaryl/α,β-unsaturated/α-hetero) is 1. The van der Waals surface area contributed by atoms with Crippen LogP contribution in [0.25, 0.3) is 0 Å². The van der Waals surface area contributed by atoms with Crippen molar-refractivity contribution in [2.24, 2.45) is 0 Å². The second-order valence-corrected chi connectivity index (χ2v) is 7.39. The van der Waals surface area contributed by atoms with E-state index in [0.717, 1.165) is 50.4 Å². The van der Waals surface area contributed by atoms with Crippen LogP contribution in [-0.2, 0) is 17.7 Å². The van der Waals surface area contributed by atoms with Gasteiger partial charge in [-0.15, -0.1) is 11.3 Å². The number of hydrogen-bond acceptors (Lipinski definition) is 4. The standard InChI is InChI=1S/C20H25NO2S/c1-16(22)20-12-18(15-24-20)13-21-10-11-23-19(14-21)9-5-8-17-6-3-2-4-7-17/h2-4,6-7,12,15,19H,5,8-11,13-14H2,1H3/t19-/m1/s1. The molecule has 0 amide bonds. The van der Waals surface area contributed by atoms with Crippen molar-refractivity contribution in [2.45, 2.75) is 38.8 Å². The van der Waals surface area contributed by atoms with E-state index >= 15 is 0 Å². The minimum atomic E-state index is 0.159. The van der Waals surface area contributed by atoms with E-state index in [2.05, 4.69) is 40.6 Å². The van der Waals surface area contributed by atoms with Crippen molar-refractivity contribution < 1.29 is 9.53 Å². The number of hydrogen-bond donors (Lipinski definition) is 0. The van der Waals surface area contributed by atoms with E-state index in [1.54, 1.807) is 18.3 Å². The summed E-state index contributed by atoms with van der Waals surface area (Å²) in [5.74, 6) is 0.159. The Morgan fingerprint density at radius 1 is 1.29 bits per heavy atom. The molecule has 0 unspecified atom stereocenters. The van der Waals surface area contributed by atoms with Gasteiger partial charge in [0.1, 0.15) is 0 Å². The highest BCUT2D eigenvalue weighted by atomic mass is 32.1. The fraction of sp³-hybridized carbons (Fsp3) is 0.450. The van der Waals surface area contributed by atoms with Gasteiger partial charge >= 0.3 is 0 Å². The molecule has 0 radical (unpaired) electrons. The van der Waals surface area contributed by atoms with E-state index in [1.807, 2.05) is 6.07 Å². The van der Waals surface area contributed by atoms with Crippen molar-refractivity contribution in [3.63, 3.8) is 0 Å². The molecule has 1 atom stereocenters. The SMILES string of the molecule is CC(=O)c1cc(CN2CCO[C@H](CCCc3ccccc3)C2)cs1. The zero-order valence-electron chi connectivity index (χ0n) is 14.2. The Morgan fingerprint density at radius 3 is 2.88 bits per heavy atom. The summed E-state index contributed by atoms with van der Waals surface area (Å²) < 4.78 is 5.93. The fourth-order valence-electron chi connectivity index (χ4n) is 3.18. The summed E-state index contributed by atoms with van der Waals surface area (Å²) in [6.07, 6.45) is 3.71. The summed E-state index contributed by atoms with van der Waals surface area (Å²) >= 11 is 1.55. The molecule has 1 aliphatic heterocycles. The Kier molecular flexibility index (Phi) is 6.18. The van der Waals surface area contributed by atoms with Gasteiger partial charge in [-0.1, -0.05) is 30.3 Å². The van der Waals surface area contributed by atoms with E-state index in [0.29, 0.717) is 6.10 Å². The lowest BCUT2D eigenvalue weighted by molar-refractivity contribution is -0.0354. The van der Waals surface area contributed by atoms with Crippen LogP contribution in [0.5, 0.6) is 0 Å². The molecule has 0 N–H and O–H groups in total. The number of aryl methyl sites for hydroxylation is 1. The molecule has 1 aromatic heterocycles. The Morgan fingerprint density at radius 2 is 2.12 bits per heavy atom. The zero-order chi connectivity index (χ0) is 16.8. The van der Waals surface area contributed by atoms with E-state index in [-0.39, 0.29) is 5.78 Å². The van der Waals surface area contributed by atoms with Crippen LogP contribution in [0.15, 0.2) is 41.8 Å². The first-order valence-electron chi connectivity index (χ1n) is 8.67. The Hall–Kier alpha value is -1.49. The molecule has 2 aromatic rings. The number of benzene rings is 1. The van der Waals surface area contributed by atoms with Gasteiger partial charge in [-0.25, -0.2) is 0 Å². The molecular weight excluding hydrogens is 318 g/mol. The summed E-state index contributed by atoms with van der Waals surface area (Å²) in [6.45, 7) is 5.32. The quantitative estimate of drug-likeness (QED) is 0.707. The monoisotopic (exact) mass is 343 g/mol. The van der Waals surface area contributed by atoms with Gasteiger partial charge in [0, 0.05) is 19.6 Å². The second kappa shape index (κ2) is 8.56. The molecule has 0 bridgehead atoms. The number of ether oxygens (including phenoxy) is 1. The van der Waals surface area contributed by atoms with Gasteiger partial charge in [0.05, 0.1) is 17.6 Å². The predicted octanol–water partition coefficient (Wildman–Crippen LogP) is 4.17. The summed E-state index contributed by atoms with van der Waals surface area (Å²) in [6, 6.07) is 12.7. The highest BCUT2D eigenvalue weighted by Gasteiger charge is 2.20. The maximum atomic E-state index is 11.4. The molecule has 0 spiro atoms. The molecule has 1 aromatic carbocycles. The predicted molar refractivity (Wildman–Crippen MR) is 98.7 cm³/mol. The van der Waals surface area contributed by atoms with Crippen LogP contribution in [0.3, 0.4) is 0 Å². The van der Waals surface area contributed by atoms with Gasteiger partial charge in [0.25, 0.3) is 0 Å². The smallest absolute Gasteiger partial charge is 0.169 e. The van der Waals surface area contributed by atoms with Gasteiger partial charge in [-0.05, 0) is 48.8 Å². The summed E-state index contributed by atoms with van der Waals surface area (Å²) in [5.41, 5.74) is 2.65. The van der Waals surface area contributed by atoms with Gasteiger partial charge in [0.2, 0.25) is 0 Å². The molecule has 3 rings (SSSR count). The number of thiophene rings is 1. The number of ketones is 1. The minimum absolute atomic E-state index is 0.159. The third kappa shape index (κ3) is 5.00. The number of carbonyl (C=O) groups excluding carboxylic acids is 1. The molecule has 0 saturated carbocycles. The highest BCUT2D eigenvalue weighted by molar-refractivity contribution is 7.12. The van der Waals surface area contributed by atoms with Crippen molar-refractivity contribution in [1.82, 2.24) is 4.90 Å². The van der Waals surface area contributed by atoms with E-state index in [4.69, 9.17) is 4.74 Å². The molecule has 1 fully saturated rings. The summed E-state index contributed by atoms with van der Waals surface area (Å²) in [5, 5.41) is 2.11. The molecule has 1 saturated heterocycles. The number of carbonyl (C=O) groups is 1. The normalized spacial score (nSPS) is 18.6. The molecule has 0 aliphatic carbocycles. The molecular formula is C20H25NO2S. The van der Waals surface area contributed by atoms with Crippen LogP contribution in [0, 0.1) is 0 Å². The number of rotatable bonds is 7.